The van der Waals surface area contributed by atoms with Crippen molar-refractivity contribution in [3.05, 3.63) is 57.9 Å². The molecular formula is C13H10N2O3. The molecule has 0 unspecified atom stereocenters. The average molecular weight is 242 g/mol. The Morgan fingerprint density at radius 1 is 1.28 bits per heavy atom. The third kappa shape index (κ3) is 2.10. The smallest absolute Gasteiger partial charge is 0.272 e. The molecule has 5 heteroatoms. The van der Waals surface area contributed by atoms with E-state index in [2.05, 4.69) is 4.98 Å². The zero-order chi connectivity index (χ0) is 13.1. The Bertz CT molecular complexity index is 606. The fourth-order valence-corrected chi connectivity index (χ4v) is 1.77. The number of nitro benzene ring substituents is 1. The molecule has 0 bridgehead atoms. The Morgan fingerprint density at radius 2 is 2.06 bits per heavy atom. The maximum atomic E-state index is 10.8. The van der Waals surface area contributed by atoms with Gasteiger partial charge in [-0.25, -0.2) is 0 Å². The van der Waals surface area contributed by atoms with E-state index in [9.17, 15) is 14.9 Å². The molecule has 0 atom stereocenters. The Hall–Kier alpha value is -2.56. The van der Waals surface area contributed by atoms with Crippen molar-refractivity contribution in [2.45, 2.75) is 6.92 Å². The summed E-state index contributed by atoms with van der Waals surface area (Å²) in [5, 5.41) is 10.8. The number of aromatic nitrogens is 1. The lowest BCUT2D eigenvalue weighted by Gasteiger charge is -2.06. The molecule has 0 radical (unpaired) electrons. The first kappa shape index (κ1) is 11.9. The lowest BCUT2D eigenvalue weighted by molar-refractivity contribution is -0.385. The van der Waals surface area contributed by atoms with E-state index < -0.39 is 4.92 Å². The van der Waals surface area contributed by atoms with Crippen LogP contribution in [0.2, 0.25) is 0 Å². The molecule has 1 aromatic heterocycles. The van der Waals surface area contributed by atoms with Crippen LogP contribution >= 0.6 is 0 Å². The minimum absolute atomic E-state index is 0.0759. The highest BCUT2D eigenvalue weighted by molar-refractivity contribution is 5.75. The summed E-state index contributed by atoms with van der Waals surface area (Å²) >= 11 is 0. The van der Waals surface area contributed by atoms with Crippen LogP contribution in [0.3, 0.4) is 0 Å². The van der Waals surface area contributed by atoms with Gasteiger partial charge in [-0.15, -0.1) is 0 Å². The van der Waals surface area contributed by atoms with Crippen molar-refractivity contribution in [1.82, 2.24) is 4.98 Å². The van der Waals surface area contributed by atoms with Gasteiger partial charge in [0.15, 0.2) is 6.29 Å². The number of hydrogen-bond donors (Lipinski definition) is 0. The van der Waals surface area contributed by atoms with Crippen LogP contribution < -0.4 is 0 Å². The molecular weight excluding hydrogens is 232 g/mol. The molecule has 1 aromatic carbocycles. The first-order valence-corrected chi connectivity index (χ1v) is 5.29. The first-order chi connectivity index (χ1) is 8.63. The fourth-order valence-electron chi connectivity index (χ4n) is 1.77. The van der Waals surface area contributed by atoms with Crippen LogP contribution in [0.1, 0.15) is 16.1 Å². The van der Waals surface area contributed by atoms with Gasteiger partial charge >= 0.3 is 0 Å². The van der Waals surface area contributed by atoms with Crippen molar-refractivity contribution in [2.75, 3.05) is 0 Å². The van der Waals surface area contributed by atoms with Crippen LogP contribution in [0, 0.1) is 17.0 Å². The number of benzene rings is 1. The number of carbonyl (C=O) groups excluding carboxylic acids is 1. The third-order valence-electron chi connectivity index (χ3n) is 2.72. The van der Waals surface area contributed by atoms with Gasteiger partial charge in [-0.1, -0.05) is 18.2 Å². The zero-order valence-corrected chi connectivity index (χ0v) is 9.66. The van der Waals surface area contributed by atoms with Gasteiger partial charge in [0.2, 0.25) is 0 Å². The van der Waals surface area contributed by atoms with E-state index >= 15 is 0 Å². The molecule has 0 aliphatic carbocycles. The van der Waals surface area contributed by atoms with E-state index in [1.165, 1.54) is 12.3 Å². The van der Waals surface area contributed by atoms with Gasteiger partial charge in [0.1, 0.15) is 5.69 Å². The molecule has 90 valence electrons. The molecule has 0 aliphatic rings. The topological polar surface area (TPSA) is 73.1 Å². The lowest BCUT2D eigenvalue weighted by Crippen LogP contribution is -1.94. The van der Waals surface area contributed by atoms with Gasteiger partial charge in [0.25, 0.3) is 5.69 Å². The van der Waals surface area contributed by atoms with Gasteiger partial charge < -0.3 is 0 Å². The first-order valence-electron chi connectivity index (χ1n) is 5.29. The Labute approximate surface area is 103 Å². The second kappa shape index (κ2) is 4.75. The number of nitrogens with zero attached hydrogens (tertiary/aromatic N) is 2. The van der Waals surface area contributed by atoms with Gasteiger partial charge in [0.05, 0.1) is 4.92 Å². The summed E-state index contributed by atoms with van der Waals surface area (Å²) in [6, 6.07) is 8.20. The van der Waals surface area contributed by atoms with Crippen molar-refractivity contribution in [3.63, 3.8) is 0 Å². The minimum atomic E-state index is -0.411. The highest BCUT2D eigenvalue weighted by Crippen LogP contribution is 2.29. The van der Waals surface area contributed by atoms with Crippen molar-refractivity contribution < 1.29 is 9.72 Å². The summed E-state index contributed by atoms with van der Waals surface area (Å²) < 4.78 is 0. The summed E-state index contributed by atoms with van der Waals surface area (Å²) in [5.74, 6) is 0. The lowest BCUT2D eigenvalue weighted by atomic mass is 10.0. The van der Waals surface area contributed by atoms with Gasteiger partial charge in [-0.2, -0.15) is 0 Å². The molecule has 2 aromatic rings. The Kier molecular flexibility index (Phi) is 3.14. The summed E-state index contributed by atoms with van der Waals surface area (Å²) in [7, 11) is 0. The number of pyridine rings is 1. The van der Waals surface area contributed by atoms with Crippen LogP contribution in [0.4, 0.5) is 5.69 Å². The maximum Gasteiger partial charge on any atom is 0.272 e. The van der Waals surface area contributed by atoms with Crippen molar-refractivity contribution in [2.24, 2.45) is 0 Å². The summed E-state index contributed by atoms with van der Waals surface area (Å²) in [6.45, 7) is 1.70. The van der Waals surface area contributed by atoms with Crippen LogP contribution in [0.5, 0.6) is 0 Å². The van der Waals surface area contributed by atoms with Gasteiger partial charge in [0, 0.05) is 23.4 Å². The Balaban J connectivity index is 2.53. The van der Waals surface area contributed by atoms with Crippen LogP contribution in [-0.4, -0.2) is 16.2 Å². The summed E-state index contributed by atoms with van der Waals surface area (Å²) in [4.78, 5) is 24.9. The molecule has 0 amide bonds. The highest BCUT2D eigenvalue weighted by atomic mass is 16.6. The molecule has 2 rings (SSSR count). The standard InChI is InChI=1S/C13H10N2O3/c1-9-12(3-2-4-13(9)15(17)18)10-5-6-11(8-16)14-7-10/h2-8H,1H3. The van der Waals surface area contributed by atoms with E-state index in [1.54, 1.807) is 31.2 Å². The molecule has 0 saturated carbocycles. The molecule has 0 aliphatic heterocycles. The summed E-state index contributed by atoms with van der Waals surface area (Å²) in [6.07, 6.45) is 2.19. The van der Waals surface area contributed by atoms with Crippen molar-refractivity contribution in [3.8, 4) is 11.1 Å². The predicted octanol–water partition coefficient (Wildman–Crippen LogP) is 2.78. The largest absolute Gasteiger partial charge is 0.296 e. The Morgan fingerprint density at radius 3 is 2.61 bits per heavy atom. The van der Waals surface area contributed by atoms with Crippen molar-refractivity contribution in [1.29, 1.82) is 0 Å². The van der Waals surface area contributed by atoms with Crippen molar-refractivity contribution >= 4 is 12.0 Å². The second-order valence-corrected chi connectivity index (χ2v) is 3.80. The average Bonchev–Trinajstić information content (AvgIpc) is 2.39. The maximum absolute atomic E-state index is 10.8. The molecule has 18 heavy (non-hydrogen) atoms. The third-order valence-corrected chi connectivity index (χ3v) is 2.72. The highest BCUT2D eigenvalue weighted by Gasteiger charge is 2.14. The number of aldehydes is 1. The van der Waals surface area contributed by atoms with E-state index in [4.69, 9.17) is 0 Å². The molecule has 0 spiro atoms. The number of rotatable bonds is 3. The van der Waals surface area contributed by atoms with Crippen LogP contribution in [0.15, 0.2) is 36.5 Å². The van der Waals surface area contributed by atoms with Gasteiger partial charge in [-0.05, 0) is 18.6 Å². The zero-order valence-electron chi connectivity index (χ0n) is 9.66. The van der Waals surface area contributed by atoms with Gasteiger partial charge in [-0.3, -0.25) is 19.9 Å². The second-order valence-electron chi connectivity index (χ2n) is 3.80. The fraction of sp³-hybridized carbons (Fsp3) is 0.0769. The van der Waals surface area contributed by atoms with Crippen LogP contribution in [-0.2, 0) is 0 Å². The van der Waals surface area contributed by atoms with E-state index in [0.29, 0.717) is 17.5 Å². The number of nitro groups is 1. The van der Waals surface area contributed by atoms with E-state index in [0.717, 1.165) is 11.1 Å². The molecule has 5 nitrogen and oxygen atoms in total. The molecule has 0 N–H and O–H groups in total. The predicted molar refractivity (Wildman–Crippen MR) is 66.5 cm³/mol. The SMILES string of the molecule is Cc1c(-c2ccc(C=O)nc2)cccc1[N+](=O)[O-]. The normalized spacial score (nSPS) is 10.1. The molecule has 0 fully saturated rings. The summed E-state index contributed by atoms with van der Waals surface area (Å²) in [5.41, 5.74) is 2.49. The number of carbonyl (C=O) groups is 1. The quantitative estimate of drug-likeness (QED) is 0.471. The van der Waals surface area contributed by atoms with E-state index in [1.807, 2.05) is 0 Å². The number of hydrogen-bond acceptors (Lipinski definition) is 4. The minimum Gasteiger partial charge on any atom is -0.296 e. The molecule has 0 saturated heterocycles. The van der Waals surface area contributed by atoms with E-state index in [-0.39, 0.29) is 5.69 Å². The van der Waals surface area contributed by atoms with Crippen LogP contribution in [0.25, 0.3) is 11.1 Å². The molecule has 1 heterocycles. The monoisotopic (exact) mass is 242 g/mol.